The van der Waals surface area contributed by atoms with Crippen LogP contribution in [0.4, 0.5) is 0 Å². The summed E-state index contributed by atoms with van der Waals surface area (Å²) in [6, 6.07) is 1.54. The number of carbonyl (C=O) groups excluding carboxylic acids is 2. The van der Waals surface area contributed by atoms with Gasteiger partial charge >= 0.3 is 0 Å². The maximum absolute atomic E-state index is 12.8. The van der Waals surface area contributed by atoms with Gasteiger partial charge in [-0.3, -0.25) is 14.6 Å². The van der Waals surface area contributed by atoms with E-state index in [1.807, 2.05) is 4.90 Å². The highest BCUT2D eigenvalue weighted by Crippen LogP contribution is 2.25. The third-order valence-electron chi connectivity index (χ3n) is 5.33. The lowest BCUT2D eigenvalue weighted by Crippen LogP contribution is -2.40. The lowest BCUT2D eigenvalue weighted by atomic mass is 9.98. The molecule has 1 aromatic heterocycles. The number of carbonyl (C=O) groups is 2. The first kappa shape index (κ1) is 17.7. The molecule has 3 rings (SSSR count). The average Bonchev–Trinajstić information content (AvgIpc) is 3.04. The number of aromatic hydroxyl groups is 1. The molecule has 1 aliphatic heterocycles. The Labute approximate surface area is 148 Å². The van der Waals surface area contributed by atoms with Gasteiger partial charge < -0.3 is 14.9 Å². The molecular formula is C19H27N3O3. The molecule has 2 fully saturated rings. The predicted molar refractivity (Wildman–Crippen MR) is 94.2 cm³/mol. The molecule has 0 atom stereocenters. The van der Waals surface area contributed by atoms with Crippen LogP contribution < -0.4 is 0 Å². The molecule has 6 nitrogen and oxygen atoms in total. The van der Waals surface area contributed by atoms with Crippen molar-refractivity contribution < 1.29 is 14.7 Å². The van der Waals surface area contributed by atoms with E-state index < -0.39 is 0 Å². The smallest absolute Gasteiger partial charge is 0.257 e. The number of amides is 2. The Morgan fingerprint density at radius 1 is 0.960 bits per heavy atom. The van der Waals surface area contributed by atoms with Crippen molar-refractivity contribution in [2.45, 2.75) is 44.9 Å². The van der Waals surface area contributed by atoms with E-state index >= 15 is 0 Å². The third-order valence-corrected chi connectivity index (χ3v) is 5.33. The van der Waals surface area contributed by atoms with Crippen LogP contribution in [0.25, 0.3) is 0 Å². The van der Waals surface area contributed by atoms with Crippen LogP contribution in [0.1, 0.15) is 55.3 Å². The van der Waals surface area contributed by atoms with E-state index in [2.05, 4.69) is 4.98 Å². The fraction of sp³-hybridized carbons (Fsp3) is 0.632. The quantitative estimate of drug-likeness (QED) is 0.836. The van der Waals surface area contributed by atoms with Crippen molar-refractivity contribution in [2.24, 2.45) is 5.92 Å². The van der Waals surface area contributed by atoms with Gasteiger partial charge in [0.1, 0.15) is 5.75 Å². The first-order valence-corrected chi connectivity index (χ1v) is 9.38. The van der Waals surface area contributed by atoms with E-state index in [9.17, 15) is 14.7 Å². The van der Waals surface area contributed by atoms with Crippen LogP contribution in [0.3, 0.4) is 0 Å². The molecule has 0 unspecified atom stereocenters. The van der Waals surface area contributed by atoms with Gasteiger partial charge in [-0.1, -0.05) is 25.7 Å². The first-order valence-electron chi connectivity index (χ1n) is 9.38. The topological polar surface area (TPSA) is 73.7 Å². The molecule has 2 heterocycles. The number of aromatic nitrogens is 1. The molecule has 0 aromatic carbocycles. The van der Waals surface area contributed by atoms with E-state index in [0.717, 1.165) is 32.1 Å². The molecule has 25 heavy (non-hydrogen) atoms. The second kappa shape index (κ2) is 8.32. The highest BCUT2D eigenvalue weighted by molar-refractivity contribution is 5.96. The highest BCUT2D eigenvalue weighted by atomic mass is 16.3. The van der Waals surface area contributed by atoms with Crippen LogP contribution >= 0.6 is 0 Å². The molecule has 0 bridgehead atoms. The molecule has 1 saturated carbocycles. The Morgan fingerprint density at radius 2 is 1.64 bits per heavy atom. The molecule has 0 spiro atoms. The maximum atomic E-state index is 12.8. The fourth-order valence-corrected chi connectivity index (χ4v) is 3.86. The molecule has 136 valence electrons. The lowest BCUT2D eigenvalue weighted by molar-refractivity contribution is -0.135. The average molecular weight is 345 g/mol. The number of nitrogens with zero attached hydrogens (tertiary/aromatic N) is 3. The van der Waals surface area contributed by atoms with Crippen molar-refractivity contribution in [2.75, 3.05) is 26.2 Å². The van der Waals surface area contributed by atoms with Crippen LogP contribution in [-0.2, 0) is 4.79 Å². The van der Waals surface area contributed by atoms with Crippen molar-refractivity contribution in [3.05, 3.63) is 24.0 Å². The molecular weight excluding hydrogens is 318 g/mol. The number of hydrogen-bond acceptors (Lipinski definition) is 4. The summed E-state index contributed by atoms with van der Waals surface area (Å²) < 4.78 is 0. The van der Waals surface area contributed by atoms with Crippen molar-refractivity contribution >= 4 is 11.8 Å². The molecule has 6 heteroatoms. The summed E-state index contributed by atoms with van der Waals surface area (Å²) in [4.78, 5) is 32.9. The highest BCUT2D eigenvalue weighted by Gasteiger charge is 2.28. The summed E-state index contributed by atoms with van der Waals surface area (Å²) in [5, 5.41) is 9.84. The van der Waals surface area contributed by atoms with Crippen LogP contribution in [0.5, 0.6) is 5.75 Å². The van der Waals surface area contributed by atoms with Crippen LogP contribution in [-0.4, -0.2) is 57.9 Å². The van der Waals surface area contributed by atoms with Gasteiger partial charge in [-0.15, -0.1) is 0 Å². The summed E-state index contributed by atoms with van der Waals surface area (Å²) in [6.07, 6.45) is 10.3. The SMILES string of the molecule is O=C(c1ccncc1O)N1CCCN(C(=O)C2CCCCCC2)CC1. The Morgan fingerprint density at radius 3 is 2.36 bits per heavy atom. The normalized spacial score (nSPS) is 20.0. The zero-order valence-electron chi connectivity index (χ0n) is 14.7. The van der Waals surface area contributed by atoms with E-state index in [-0.39, 0.29) is 29.0 Å². The number of rotatable bonds is 2. The minimum absolute atomic E-state index is 0.0943. The van der Waals surface area contributed by atoms with Crippen LogP contribution in [0.2, 0.25) is 0 Å². The van der Waals surface area contributed by atoms with Gasteiger partial charge in [-0.2, -0.15) is 0 Å². The Balaban J connectivity index is 1.61. The van der Waals surface area contributed by atoms with Crippen molar-refractivity contribution in [3.8, 4) is 5.75 Å². The Kier molecular flexibility index (Phi) is 5.89. The summed E-state index contributed by atoms with van der Waals surface area (Å²) in [7, 11) is 0. The Bertz CT molecular complexity index is 612. The molecule has 1 N–H and O–H groups in total. The number of pyridine rings is 1. The van der Waals surface area contributed by atoms with Crippen molar-refractivity contribution in [1.82, 2.24) is 14.8 Å². The zero-order valence-corrected chi connectivity index (χ0v) is 14.7. The molecule has 1 saturated heterocycles. The maximum Gasteiger partial charge on any atom is 0.257 e. The van der Waals surface area contributed by atoms with Crippen molar-refractivity contribution in [1.29, 1.82) is 0 Å². The number of hydrogen-bond donors (Lipinski definition) is 1. The standard InChI is InChI=1S/C19H27N3O3/c23-17-14-20-9-8-16(17)19(25)22-11-5-10-21(12-13-22)18(24)15-6-3-1-2-4-7-15/h8-9,14-15,23H,1-7,10-13H2. The molecule has 2 amide bonds. The van der Waals surface area contributed by atoms with Gasteiger partial charge in [0, 0.05) is 38.3 Å². The van der Waals surface area contributed by atoms with E-state index in [4.69, 9.17) is 0 Å². The van der Waals surface area contributed by atoms with Gasteiger partial charge in [-0.25, -0.2) is 0 Å². The minimum Gasteiger partial charge on any atom is -0.505 e. The predicted octanol–water partition coefficient (Wildman–Crippen LogP) is 2.43. The molecule has 1 aromatic rings. The Hall–Kier alpha value is -2.11. The zero-order chi connectivity index (χ0) is 17.6. The van der Waals surface area contributed by atoms with E-state index in [0.29, 0.717) is 26.2 Å². The van der Waals surface area contributed by atoms with Gasteiger partial charge in [0.25, 0.3) is 5.91 Å². The monoisotopic (exact) mass is 345 g/mol. The van der Waals surface area contributed by atoms with Crippen LogP contribution in [0, 0.1) is 5.92 Å². The second-order valence-electron chi connectivity index (χ2n) is 7.05. The molecule has 2 aliphatic rings. The largest absolute Gasteiger partial charge is 0.505 e. The summed E-state index contributed by atoms with van der Waals surface area (Å²) in [6.45, 7) is 2.41. The van der Waals surface area contributed by atoms with E-state index in [1.54, 1.807) is 4.90 Å². The molecule has 0 radical (unpaired) electrons. The first-order chi connectivity index (χ1) is 12.2. The summed E-state index contributed by atoms with van der Waals surface area (Å²) >= 11 is 0. The second-order valence-corrected chi connectivity index (χ2v) is 7.05. The fourth-order valence-electron chi connectivity index (χ4n) is 3.86. The summed E-state index contributed by atoms with van der Waals surface area (Å²) in [5.41, 5.74) is 0.276. The molecule has 1 aliphatic carbocycles. The van der Waals surface area contributed by atoms with Gasteiger partial charge in [0.05, 0.1) is 11.8 Å². The van der Waals surface area contributed by atoms with E-state index in [1.165, 1.54) is 31.3 Å². The third kappa shape index (κ3) is 4.30. The van der Waals surface area contributed by atoms with Gasteiger partial charge in [0.15, 0.2) is 0 Å². The lowest BCUT2D eigenvalue weighted by Gasteiger charge is -2.26. The van der Waals surface area contributed by atoms with Crippen molar-refractivity contribution in [3.63, 3.8) is 0 Å². The van der Waals surface area contributed by atoms with Gasteiger partial charge in [0.2, 0.25) is 5.91 Å². The summed E-state index contributed by atoms with van der Waals surface area (Å²) in [5.74, 6) is 0.142. The van der Waals surface area contributed by atoms with Gasteiger partial charge in [-0.05, 0) is 25.3 Å². The minimum atomic E-state index is -0.191. The van der Waals surface area contributed by atoms with Crippen LogP contribution in [0.15, 0.2) is 18.5 Å².